The molecule has 1 saturated carbocycles. The lowest BCUT2D eigenvalue weighted by atomic mass is 9.82. The number of halogens is 1. The van der Waals surface area contributed by atoms with E-state index in [-0.39, 0.29) is 10.9 Å². The Morgan fingerprint density at radius 2 is 2.05 bits per heavy atom. The van der Waals surface area contributed by atoms with Gasteiger partial charge in [-0.05, 0) is 44.9 Å². The summed E-state index contributed by atoms with van der Waals surface area (Å²) in [6.07, 6.45) is 6.07. The molecule has 4 heteroatoms. The third-order valence-electron chi connectivity index (χ3n) is 4.64. The minimum atomic E-state index is -0.137. The van der Waals surface area contributed by atoms with E-state index < -0.39 is 0 Å². The number of hydrogen-bond donors (Lipinski definition) is 0. The zero-order valence-electron chi connectivity index (χ0n) is 12.6. The standard InChI is InChI=1S/C17H20ClN3/c1-12(18)16-20-14-7-6-13(11-19)10-15(14)21(16)17(2)8-4-3-5-9-17/h6-7,10,12H,3-5,8-9H2,1-2H3. The number of hydrogen-bond acceptors (Lipinski definition) is 2. The number of alkyl halides is 1. The summed E-state index contributed by atoms with van der Waals surface area (Å²) < 4.78 is 2.31. The largest absolute Gasteiger partial charge is 0.321 e. The molecule has 21 heavy (non-hydrogen) atoms. The summed E-state index contributed by atoms with van der Waals surface area (Å²) in [6.45, 7) is 4.27. The first kappa shape index (κ1) is 14.4. The van der Waals surface area contributed by atoms with Crippen LogP contribution in [0.5, 0.6) is 0 Å². The Labute approximate surface area is 130 Å². The smallest absolute Gasteiger partial charge is 0.128 e. The highest BCUT2D eigenvalue weighted by molar-refractivity contribution is 6.20. The third kappa shape index (κ3) is 2.42. The quantitative estimate of drug-likeness (QED) is 0.741. The number of aromatic nitrogens is 2. The molecule has 1 atom stereocenters. The third-order valence-corrected chi connectivity index (χ3v) is 4.83. The summed E-state index contributed by atoms with van der Waals surface area (Å²) in [7, 11) is 0. The number of nitrogens with zero attached hydrogens (tertiary/aromatic N) is 3. The molecule has 1 aromatic heterocycles. The van der Waals surface area contributed by atoms with Crippen molar-refractivity contribution in [3.63, 3.8) is 0 Å². The summed E-state index contributed by atoms with van der Waals surface area (Å²) in [4.78, 5) is 4.73. The number of benzene rings is 1. The molecule has 110 valence electrons. The number of fused-ring (bicyclic) bond motifs is 1. The summed E-state index contributed by atoms with van der Waals surface area (Å²) in [5.74, 6) is 0.922. The van der Waals surface area contributed by atoms with Crippen LogP contribution in [0.3, 0.4) is 0 Å². The van der Waals surface area contributed by atoms with Crippen LogP contribution in [0.25, 0.3) is 11.0 Å². The zero-order chi connectivity index (χ0) is 15.0. The Kier molecular flexibility index (Phi) is 3.67. The van der Waals surface area contributed by atoms with E-state index in [0.717, 1.165) is 29.7 Å². The Morgan fingerprint density at radius 1 is 1.33 bits per heavy atom. The maximum atomic E-state index is 9.17. The van der Waals surface area contributed by atoms with Crippen LogP contribution in [0, 0.1) is 11.3 Å². The van der Waals surface area contributed by atoms with Crippen LogP contribution >= 0.6 is 11.6 Å². The lowest BCUT2D eigenvalue weighted by molar-refractivity contribution is 0.219. The van der Waals surface area contributed by atoms with Crippen molar-refractivity contribution in [2.75, 3.05) is 0 Å². The van der Waals surface area contributed by atoms with E-state index in [0.29, 0.717) is 5.56 Å². The Bertz CT molecular complexity index is 703. The van der Waals surface area contributed by atoms with Crippen molar-refractivity contribution in [1.29, 1.82) is 5.26 Å². The molecule has 0 aliphatic heterocycles. The van der Waals surface area contributed by atoms with Crippen LogP contribution in [0.2, 0.25) is 0 Å². The molecule has 0 radical (unpaired) electrons. The minimum absolute atomic E-state index is 0.0551. The highest BCUT2D eigenvalue weighted by Crippen LogP contribution is 2.40. The molecule has 0 saturated heterocycles. The summed E-state index contributed by atoms with van der Waals surface area (Å²) >= 11 is 6.39. The minimum Gasteiger partial charge on any atom is -0.321 e. The topological polar surface area (TPSA) is 41.6 Å². The van der Waals surface area contributed by atoms with Gasteiger partial charge in [0.15, 0.2) is 0 Å². The van der Waals surface area contributed by atoms with Crippen molar-refractivity contribution < 1.29 is 0 Å². The van der Waals surface area contributed by atoms with Gasteiger partial charge in [-0.2, -0.15) is 5.26 Å². The molecule has 2 aromatic rings. The zero-order valence-corrected chi connectivity index (χ0v) is 13.3. The number of imidazole rings is 1. The van der Waals surface area contributed by atoms with Crippen molar-refractivity contribution in [2.45, 2.75) is 56.9 Å². The van der Waals surface area contributed by atoms with E-state index >= 15 is 0 Å². The van der Waals surface area contributed by atoms with E-state index in [1.807, 2.05) is 25.1 Å². The maximum Gasteiger partial charge on any atom is 0.128 e. The van der Waals surface area contributed by atoms with E-state index in [1.54, 1.807) is 0 Å². The first-order valence-electron chi connectivity index (χ1n) is 7.62. The van der Waals surface area contributed by atoms with Gasteiger partial charge in [-0.1, -0.05) is 19.3 Å². The van der Waals surface area contributed by atoms with Crippen molar-refractivity contribution >= 4 is 22.6 Å². The molecule has 1 unspecified atom stereocenters. The van der Waals surface area contributed by atoms with Crippen LogP contribution in [-0.2, 0) is 5.54 Å². The van der Waals surface area contributed by atoms with Crippen LogP contribution in [0.15, 0.2) is 18.2 Å². The second-order valence-electron chi connectivity index (χ2n) is 6.29. The first-order valence-corrected chi connectivity index (χ1v) is 8.06. The Morgan fingerprint density at radius 3 is 2.67 bits per heavy atom. The molecule has 1 fully saturated rings. The van der Waals surface area contributed by atoms with Gasteiger partial charge in [0, 0.05) is 5.54 Å². The monoisotopic (exact) mass is 301 g/mol. The van der Waals surface area contributed by atoms with Crippen molar-refractivity contribution in [3.8, 4) is 6.07 Å². The molecule has 1 aliphatic carbocycles. The van der Waals surface area contributed by atoms with Gasteiger partial charge in [0.2, 0.25) is 0 Å². The van der Waals surface area contributed by atoms with Gasteiger partial charge in [-0.15, -0.1) is 11.6 Å². The van der Waals surface area contributed by atoms with Crippen molar-refractivity contribution in [1.82, 2.24) is 9.55 Å². The molecule has 0 amide bonds. The molecular weight excluding hydrogens is 282 g/mol. The fourth-order valence-electron chi connectivity index (χ4n) is 3.53. The molecule has 0 bridgehead atoms. The second kappa shape index (κ2) is 5.35. The normalized spacial score (nSPS) is 19.3. The van der Waals surface area contributed by atoms with E-state index in [4.69, 9.17) is 16.6 Å². The Balaban J connectivity index is 2.26. The van der Waals surface area contributed by atoms with Crippen LogP contribution in [-0.4, -0.2) is 9.55 Å². The number of nitriles is 1. The molecule has 3 rings (SSSR count). The molecule has 1 aromatic carbocycles. The van der Waals surface area contributed by atoms with Gasteiger partial charge in [0.05, 0.1) is 28.0 Å². The number of rotatable bonds is 2. The maximum absolute atomic E-state index is 9.17. The van der Waals surface area contributed by atoms with Crippen molar-refractivity contribution in [2.24, 2.45) is 0 Å². The summed E-state index contributed by atoms with van der Waals surface area (Å²) in [6, 6.07) is 7.93. The van der Waals surface area contributed by atoms with E-state index in [1.165, 1.54) is 19.3 Å². The Hall–Kier alpha value is -1.53. The first-order chi connectivity index (χ1) is 10.0. The van der Waals surface area contributed by atoms with Gasteiger partial charge in [0.25, 0.3) is 0 Å². The molecule has 0 N–H and O–H groups in total. The van der Waals surface area contributed by atoms with Crippen LogP contribution in [0.1, 0.15) is 62.7 Å². The predicted molar refractivity (Wildman–Crippen MR) is 85.4 cm³/mol. The van der Waals surface area contributed by atoms with Gasteiger partial charge >= 0.3 is 0 Å². The fraction of sp³-hybridized carbons (Fsp3) is 0.529. The highest BCUT2D eigenvalue weighted by atomic mass is 35.5. The highest BCUT2D eigenvalue weighted by Gasteiger charge is 2.33. The average Bonchev–Trinajstić information content (AvgIpc) is 2.87. The van der Waals surface area contributed by atoms with Gasteiger partial charge in [-0.3, -0.25) is 0 Å². The fourth-order valence-corrected chi connectivity index (χ4v) is 3.68. The average molecular weight is 302 g/mol. The predicted octanol–water partition coefficient (Wildman–Crippen LogP) is 4.89. The summed E-state index contributed by atoms with van der Waals surface area (Å²) in [5.41, 5.74) is 2.71. The molecule has 0 spiro atoms. The van der Waals surface area contributed by atoms with Crippen LogP contribution in [0.4, 0.5) is 0 Å². The second-order valence-corrected chi connectivity index (χ2v) is 6.95. The molecule has 1 aliphatic rings. The lowest BCUT2D eigenvalue weighted by Gasteiger charge is -2.37. The van der Waals surface area contributed by atoms with Gasteiger partial charge in [0.1, 0.15) is 5.82 Å². The molecule has 3 nitrogen and oxygen atoms in total. The summed E-state index contributed by atoms with van der Waals surface area (Å²) in [5, 5.41) is 9.04. The van der Waals surface area contributed by atoms with Crippen LogP contribution < -0.4 is 0 Å². The lowest BCUT2D eigenvalue weighted by Crippen LogP contribution is -2.34. The molecular formula is C17H20ClN3. The van der Waals surface area contributed by atoms with E-state index in [2.05, 4.69) is 17.6 Å². The van der Waals surface area contributed by atoms with Crippen molar-refractivity contribution in [3.05, 3.63) is 29.6 Å². The van der Waals surface area contributed by atoms with Gasteiger partial charge < -0.3 is 4.57 Å². The van der Waals surface area contributed by atoms with Gasteiger partial charge in [-0.25, -0.2) is 4.98 Å². The van der Waals surface area contributed by atoms with E-state index in [9.17, 15) is 5.26 Å². The SMILES string of the molecule is CC(Cl)c1nc2ccc(C#N)cc2n1C1(C)CCCCC1. The molecule has 1 heterocycles.